The first kappa shape index (κ1) is 28.0. The lowest BCUT2D eigenvalue weighted by Gasteiger charge is -2.09. The lowest BCUT2D eigenvalue weighted by Crippen LogP contribution is -1.99. The van der Waals surface area contributed by atoms with Gasteiger partial charge in [0.25, 0.3) is 10.1 Å². The van der Waals surface area contributed by atoms with Gasteiger partial charge in [-0.05, 0) is 85.1 Å². The lowest BCUT2D eigenvalue weighted by molar-refractivity contribution is 0.471. The summed E-state index contributed by atoms with van der Waals surface area (Å²) in [6.45, 7) is 1.95. The number of hydrogen-bond donors (Lipinski definition) is 4. The van der Waals surface area contributed by atoms with Gasteiger partial charge in [0.1, 0.15) is 27.8 Å². The molecular weight excluding hydrogens is 560 g/mol. The molecule has 0 amide bonds. The molecule has 0 heterocycles. The van der Waals surface area contributed by atoms with E-state index in [1.54, 1.807) is 24.3 Å². The molecule has 0 aromatic heterocycles. The third-order valence-electron chi connectivity index (χ3n) is 5.97. The average molecular weight is 583 g/mol. The fraction of sp³-hybridized carbons (Fsp3) is 0.0345. The molecule has 13 heteroatoms. The Balaban J connectivity index is 1.45. The quantitative estimate of drug-likeness (QED) is 0.109. The largest absolute Gasteiger partial charge is 0.508 e. The van der Waals surface area contributed by atoms with Gasteiger partial charge >= 0.3 is 0 Å². The predicted octanol–water partition coefficient (Wildman–Crippen LogP) is 8.76. The molecule has 0 aliphatic carbocycles. The fourth-order valence-electron chi connectivity index (χ4n) is 3.82. The number of rotatable bonds is 7. The lowest BCUT2D eigenvalue weighted by atomic mass is 10.1. The van der Waals surface area contributed by atoms with Crippen molar-refractivity contribution in [1.82, 2.24) is 0 Å². The Morgan fingerprint density at radius 2 is 1.14 bits per heavy atom. The minimum absolute atomic E-state index is 0.0462. The van der Waals surface area contributed by atoms with Crippen molar-refractivity contribution in [3.63, 3.8) is 0 Å². The van der Waals surface area contributed by atoms with Gasteiger partial charge in [-0.1, -0.05) is 17.7 Å². The van der Waals surface area contributed by atoms with Crippen molar-refractivity contribution in [2.75, 3.05) is 0 Å². The molecule has 0 aliphatic heterocycles. The van der Waals surface area contributed by atoms with Crippen LogP contribution in [0.4, 0.5) is 34.1 Å². The third kappa shape index (κ3) is 6.43. The summed E-state index contributed by atoms with van der Waals surface area (Å²) in [7, 11) is -4.86. The van der Waals surface area contributed by atoms with E-state index in [1.807, 2.05) is 19.1 Å². The van der Waals surface area contributed by atoms with E-state index in [0.29, 0.717) is 22.7 Å². The zero-order chi connectivity index (χ0) is 29.9. The number of aryl methyl sites for hydroxylation is 1. The monoisotopic (exact) mass is 582 g/mol. The minimum atomic E-state index is -4.86. The van der Waals surface area contributed by atoms with Crippen molar-refractivity contribution in [2.45, 2.75) is 11.8 Å². The van der Waals surface area contributed by atoms with Gasteiger partial charge in [0.2, 0.25) is 0 Å². The highest BCUT2D eigenvalue weighted by Gasteiger charge is 2.22. The highest BCUT2D eigenvalue weighted by Crippen LogP contribution is 2.43. The van der Waals surface area contributed by atoms with Crippen LogP contribution in [0.1, 0.15) is 5.56 Å². The van der Waals surface area contributed by atoms with Crippen LogP contribution in [0, 0.1) is 6.92 Å². The fourth-order valence-corrected chi connectivity index (χ4v) is 4.48. The molecular formula is C29H22N6O6S. The van der Waals surface area contributed by atoms with Gasteiger partial charge in [-0.25, -0.2) is 0 Å². The molecule has 5 aromatic carbocycles. The number of benzene rings is 5. The van der Waals surface area contributed by atoms with Crippen molar-refractivity contribution < 1.29 is 28.3 Å². The summed E-state index contributed by atoms with van der Waals surface area (Å²) in [4.78, 5) is -0.702. The first-order chi connectivity index (χ1) is 20.1. The number of azo groups is 3. The maximum atomic E-state index is 12.2. The molecule has 0 radical (unpaired) electrons. The van der Waals surface area contributed by atoms with Crippen LogP contribution in [0.2, 0.25) is 0 Å². The van der Waals surface area contributed by atoms with Crippen LogP contribution >= 0.6 is 0 Å². The number of phenolic OH excluding ortho intramolecular Hbond substituents is 3. The second-order valence-corrected chi connectivity index (χ2v) is 10.5. The normalized spacial score (nSPS) is 12.2. The molecule has 5 aromatic rings. The highest BCUT2D eigenvalue weighted by molar-refractivity contribution is 7.86. The molecule has 0 spiro atoms. The van der Waals surface area contributed by atoms with Crippen LogP contribution in [-0.2, 0) is 10.1 Å². The standard InChI is InChI=1S/C29H22N6O6S/c1-17-2-4-19(5-3-17)30-33-22-9-13-25(26(37)16-22)34-35-28-27(42(39,40)41)15-18-14-21(8-12-24(18)29(28)38)32-31-20-6-10-23(36)11-7-20/h2-16,36-38H,1H3,(H,39,40,41). The molecule has 0 saturated heterocycles. The van der Waals surface area contributed by atoms with Crippen LogP contribution in [0.15, 0.2) is 127 Å². The Labute approximate surface area is 239 Å². The summed E-state index contributed by atoms with van der Waals surface area (Å²) in [5.74, 6) is -0.807. The van der Waals surface area contributed by atoms with Gasteiger partial charge in [-0.3, -0.25) is 4.55 Å². The van der Waals surface area contributed by atoms with Gasteiger partial charge in [0.15, 0.2) is 5.75 Å². The topological polar surface area (TPSA) is 189 Å². The Kier molecular flexibility index (Phi) is 7.69. The molecule has 0 saturated carbocycles. The predicted molar refractivity (Wildman–Crippen MR) is 155 cm³/mol. The molecule has 0 aliphatic rings. The number of aromatic hydroxyl groups is 3. The van der Waals surface area contributed by atoms with Crippen molar-refractivity contribution in [3.05, 3.63) is 96.6 Å². The molecule has 5 rings (SSSR count). The first-order valence-corrected chi connectivity index (χ1v) is 13.7. The molecule has 210 valence electrons. The SMILES string of the molecule is Cc1ccc(N=Nc2ccc(N=Nc3c(S(=O)(=O)O)cc4cc(N=Nc5ccc(O)cc5)ccc4c3O)c(O)c2)cc1. The number of nitrogens with zero attached hydrogens (tertiary/aromatic N) is 6. The molecule has 0 unspecified atom stereocenters. The number of phenols is 3. The Hall–Kier alpha value is -5.53. The van der Waals surface area contributed by atoms with E-state index in [0.717, 1.165) is 11.6 Å². The zero-order valence-electron chi connectivity index (χ0n) is 21.9. The summed E-state index contributed by atoms with van der Waals surface area (Å²) < 4.78 is 34.3. The maximum absolute atomic E-state index is 12.2. The maximum Gasteiger partial charge on any atom is 0.296 e. The van der Waals surface area contributed by atoms with Crippen LogP contribution in [0.25, 0.3) is 10.8 Å². The van der Waals surface area contributed by atoms with E-state index in [1.165, 1.54) is 48.5 Å². The van der Waals surface area contributed by atoms with Crippen molar-refractivity contribution in [1.29, 1.82) is 0 Å². The second-order valence-electron chi connectivity index (χ2n) is 9.08. The summed E-state index contributed by atoms with van der Waals surface area (Å²) in [6, 6.07) is 23.2. The highest BCUT2D eigenvalue weighted by atomic mass is 32.2. The smallest absolute Gasteiger partial charge is 0.296 e. The van der Waals surface area contributed by atoms with Crippen molar-refractivity contribution in [3.8, 4) is 17.2 Å². The van der Waals surface area contributed by atoms with E-state index >= 15 is 0 Å². The van der Waals surface area contributed by atoms with Crippen LogP contribution in [-0.4, -0.2) is 28.3 Å². The molecule has 4 N–H and O–H groups in total. The summed E-state index contributed by atoms with van der Waals surface area (Å²) in [5, 5.41) is 55.2. The van der Waals surface area contributed by atoms with Crippen LogP contribution < -0.4 is 0 Å². The zero-order valence-corrected chi connectivity index (χ0v) is 22.7. The van der Waals surface area contributed by atoms with E-state index < -0.39 is 26.5 Å². The Morgan fingerprint density at radius 3 is 1.76 bits per heavy atom. The first-order valence-electron chi connectivity index (χ1n) is 12.3. The molecule has 0 atom stereocenters. The van der Waals surface area contributed by atoms with Crippen molar-refractivity contribution in [2.24, 2.45) is 30.7 Å². The molecule has 42 heavy (non-hydrogen) atoms. The third-order valence-corrected chi connectivity index (χ3v) is 6.84. The van der Waals surface area contributed by atoms with Gasteiger partial charge < -0.3 is 15.3 Å². The number of fused-ring (bicyclic) bond motifs is 1. The molecule has 0 fully saturated rings. The second kappa shape index (κ2) is 11.5. The van der Waals surface area contributed by atoms with Gasteiger partial charge in [-0.15, -0.1) is 10.2 Å². The van der Waals surface area contributed by atoms with Crippen molar-refractivity contribution >= 4 is 55.0 Å². The van der Waals surface area contributed by atoms with E-state index in [2.05, 4.69) is 30.7 Å². The summed E-state index contributed by atoms with van der Waals surface area (Å²) in [6.07, 6.45) is 0. The molecule has 0 bridgehead atoms. The number of hydrogen-bond acceptors (Lipinski definition) is 11. The van der Waals surface area contributed by atoms with Gasteiger partial charge in [0.05, 0.1) is 22.7 Å². The Bertz CT molecular complexity index is 1990. The average Bonchev–Trinajstić information content (AvgIpc) is 2.96. The van der Waals surface area contributed by atoms with E-state index in [9.17, 15) is 28.3 Å². The van der Waals surface area contributed by atoms with E-state index in [4.69, 9.17) is 0 Å². The Morgan fingerprint density at radius 1 is 0.595 bits per heavy atom. The molecule has 12 nitrogen and oxygen atoms in total. The van der Waals surface area contributed by atoms with Crippen LogP contribution in [0.5, 0.6) is 17.2 Å². The van der Waals surface area contributed by atoms with E-state index in [-0.39, 0.29) is 28.0 Å². The van der Waals surface area contributed by atoms with Crippen LogP contribution in [0.3, 0.4) is 0 Å². The van der Waals surface area contributed by atoms with Gasteiger partial charge in [-0.2, -0.15) is 28.9 Å². The summed E-state index contributed by atoms with van der Waals surface area (Å²) in [5.41, 5.74) is 2.26. The minimum Gasteiger partial charge on any atom is -0.508 e. The van der Waals surface area contributed by atoms with Gasteiger partial charge in [0, 0.05) is 11.5 Å². The summed E-state index contributed by atoms with van der Waals surface area (Å²) >= 11 is 0.